The highest BCUT2D eigenvalue weighted by atomic mass is 35.5. The molecule has 0 spiro atoms. The molecule has 5 nitrogen and oxygen atoms in total. The first kappa shape index (κ1) is 21.2. The zero-order valence-corrected chi connectivity index (χ0v) is 19.1. The van der Waals surface area contributed by atoms with Crippen LogP contribution in [0.25, 0.3) is 16.5 Å². The third-order valence-electron chi connectivity index (χ3n) is 5.71. The normalized spacial score (nSPS) is 17.6. The second-order valence-corrected chi connectivity index (χ2v) is 8.92. The van der Waals surface area contributed by atoms with Crippen LogP contribution < -0.4 is 9.64 Å². The molecule has 0 saturated carbocycles. The number of Topliss-reactive ketones (excluding diaryl/α,β-unsaturated/α-hetero) is 1. The maximum atomic E-state index is 13.4. The minimum Gasteiger partial charge on any atom is -0.507 e. The number of halogens is 1. The van der Waals surface area contributed by atoms with Crippen molar-refractivity contribution in [3.63, 3.8) is 0 Å². The maximum Gasteiger partial charge on any atom is 0.300 e. The Balaban J connectivity index is 1.77. The average molecular weight is 476 g/mol. The van der Waals surface area contributed by atoms with Gasteiger partial charge >= 0.3 is 0 Å². The van der Waals surface area contributed by atoms with Crippen LogP contribution in [0, 0.1) is 0 Å². The molecular formula is C26H18ClNO4S. The van der Waals surface area contributed by atoms with Gasteiger partial charge in [-0.15, -0.1) is 11.3 Å². The monoisotopic (exact) mass is 475 g/mol. The fraction of sp³-hybridized carbons (Fsp3) is 0.0769. The van der Waals surface area contributed by atoms with Crippen LogP contribution in [0.4, 0.5) is 5.69 Å². The van der Waals surface area contributed by atoms with E-state index in [1.54, 1.807) is 18.2 Å². The van der Waals surface area contributed by atoms with Crippen molar-refractivity contribution < 1.29 is 19.4 Å². The Kier molecular flexibility index (Phi) is 5.40. The summed E-state index contributed by atoms with van der Waals surface area (Å²) in [5.41, 5.74) is 0.823. The van der Waals surface area contributed by atoms with Crippen LogP contribution in [0.3, 0.4) is 0 Å². The first-order valence-corrected chi connectivity index (χ1v) is 11.4. The number of amides is 1. The van der Waals surface area contributed by atoms with Gasteiger partial charge in [-0.1, -0.05) is 54.1 Å². The lowest BCUT2D eigenvalue weighted by atomic mass is 9.99. The van der Waals surface area contributed by atoms with Gasteiger partial charge in [-0.05, 0) is 41.1 Å². The van der Waals surface area contributed by atoms with Crippen molar-refractivity contribution in [2.75, 3.05) is 12.0 Å². The first-order valence-electron chi connectivity index (χ1n) is 10.2. The van der Waals surface area contributed by atoms with Gasteiger partial charge in [-0.3, -0.25) is 14.5 Å². The Hall–Kier alpha value is -3.61. The Labute approximate surface area is 199 Å². The third-order valence-corrected chi connectivity index (χ3v) is 6.97. The molecule has 1 aliphatic heterocycles. The summed E-state index contributed by atoms with van der Waals surface area (Å²) >= 11 is 7.76. The lowest BCUT2D eigenvalue weighted by molar-refractivity contribution is -0.132. The largest absolute Gasteiger partial charge is 0.507 e. The van der Waals surface area contributed by atoms with Gasteiger partial charge in [-0.25, -0.2) is 0 Å². The number of fused-ring (bicyclic) bond motifs is 1. The summed E-state index contributed by atoms with van der Waals surface area (Å²) < 4.78 is 5.26. The van der Waals surface area contributed by atoms with E-state index < -0.39 is 17.7 Å². The second-order valence-electron chi connectivity index (χ2n) is 7.53. The minimum atomic E-state index is -0.793. The van der Waals surface area contributed by atoms with Gasteiger partial charge in [0.1, 0.15) is 17.6 Å². The van der Waals surface area contributed by atoms with Crippen LogP contribution in [-0.4, -0.2) is 23.9 Å². The minimum absolute atomic E-state index is 0.00876. The number of rotatable bonds is 4. The van der Waals surface area contributed by atoms with E-state index in [9.17, 15) is 14.7 Å². The molecule has 7 heteroatoms. The van der Waals surface area contributed by atoms with Crippen molar-refractivity contribution in [3.8, 4) is 5.75 Å². The summed E-state index contributed by atoms with van der Waals surface area (Å²) in [5.74, 6) is -1.33. The molecule has 1 saturated heterocycles. The highest BCUT2D eigenvalue weighted by Crippen LogP contribution is 2.46. The molecule has 4 aromatic rings. The molecule has 1 amide bonds. The lowest BCUT2D eigenvalue weighted by Crippen LogP contribution is -2.29. The summed E-state index contributed by atoms with van der Waals surface area (Å²) in [7, 11) is 1.50. The van der Waals surface area contributed by atoms with Gasteiger partial charge in [0.15, 0.2) is 0 Å². The molecule has 3 aromatic carbocycles. The Morgan fingerprint density at radius 1 is 1.03 bits per heavy atom. The predicted octanol–water partition coefficient (Wildman–Crippen LogP) is 6.19. The SMILES string of the molecule is COc1ccc(Cl)c(/C(O)=C2/C(=O)C(=O)N(c3cccc4ccccc34)C2c2cccs2)c1. The van der Waals surface area contributed by atoms with Crippen LogP contribution in [0.1, 0.15) is 16.5 Å². The van der Waals surface area contributed by atoms with Crippen molar-refractivity contribution in [3.05, 3.63) is 99.2 Å². The molecule has 5 rings (SSSR count). The molecule has 1 unspecified atom stereocenters. The third kappa shape index (κ3) is 3.48. The van der Waals surface area contributed by atoms with Crippen LogP contribution >= 0.6 is 22.9 Å². The number of carbonyl (C=O) groups excluding carboxylic acids is 2. The van der Waals surface area contributed by atoms with E-state index in [0.29, 0.717) is 11.4 Å². The number of anilines is 1. The molecule has 1 aliphatic rings. The number of thiophene rings is 1. The average Bonchev–Trinajstić information content (AvgIpc) is 3.45. The van der Waals surface area contributed by atoms with E-state index >= 15 is 0 Å². The molecule has 1 fully saturated rings. The van der Waals surface area contributed by atoms with Crippen LogP contribution in [-0.2, 0) is 9.59 Å². The Morgan fingerprint density at radius 3 is 2.58 bits per heavy atom. The van der Waals surface area contributed by atoms with Crippen LogP contribution in [0.15, 0.2) is 83.7 Å². The van der Waals surface area contributed by atoms with Gasteiger partial charge in [0.25, 0.3) is 11.7 Å². The van der Waals surface area contributed by atoms with Crippen LogP contribution in [0.2, 0.25) is 5.02 Å². The first-order chi connectivity index (χ1) is 16.0. The molecule has 0 bridgehead atoms. The smallest absolute Gasteiger partial charge is 0.300 e. The van der Waals surface area contributed by atoms with Crippen molar-refractivity contribution in [2.24, 2.45) is 0 Å². The predicted molar refractivity (Wildman–Crippen MR) is 131 cm³/mol. The summed E-state index contributed by atoms with van der Waals surface area (Å²) in [5, 5.41) is 15.2. The number of ketones is 1. The molecule has 33 heavy (non-hydrogen) atoms. The standard InChI is InChI=1S/C26H18ClNO4S/c1-32-16-11-12-19(27)18(14-16)24(29)22-23(21-10-5-13-33-21)28(26(31)25(22)30)20-9-4-7-15-6-2-3-8-17(15)20/h2-14,23,29H,1H3/b24-22-. The van der Waals surface area contributed by atoms with Gasteiger partial charge in [-0.2, -0.15) is 0 Å². The molecule has 1 atom stereocenters. The summed E-state index contributed by atoms with van der Waals surface area (Å²) in [6, 6.07) is 21.0. The highest BCUT2D eigenvalue weighted by Gasteiger charge is 2.48. The number of carbonyl (C=O) groups is 2. The quantitative estimate of drug-likeness (QED) is 0.217. The van der Waals surface area contributed by atoms with E-state index in [4.69, 9.17) is 16.3 Å². The fourth-order valence-electron chi connectivity index (χ4n) is 4.17. The molecule has 2 heterocycles. The lowest BCUT2D eigenvalue weighted by Gasteiger charge is -2.25. The van der Waals surface area contributed by atoms with Crippen molar-refractivity contribution in [2.45, 2.75) is 6.04 Å². The number of hydrogen-bond acceptors (Lipinski definition) is 5. The van der Waals surface area contributed by atoms with Crippen molar-refractivity contribution in [1.29, 1.82) is 0 Å². The molecule has 164 valence electrons. The van der Waals surface area contributed by atoms with E-state index in [1.165, 1.54) is 23.3 Å². The summed E-state index contributed by atoms with van der Waals surface area (Å²) in [4.78, 5) is 28.9. The van der Waals surface area contributed by atoms with Crippen molar-refractivity contribution >= 4 is 56.8 Å². The Bertz CT molecular complexity index is 1420. The molecule has 0 aliphatic carbocycles. The fourth-order valence-corrected chi connectivity index (χ4v) is 5.20. The number of aliphatic hydroxyl groups is 1. The molecule has 0 radical (unpaired) electrons. The Morgan fingerprint density at radius 2 is 1.82 bits per heavy atom. The number of aliphatic hydroxyl groups excluding tert-OH is 1. The van der Waals surface area contributed by atoms with E-state index in [1.807, 2.05) is 60.0 Å². The molecular weight excluding hydrogens is 458 g/mol. The number of nitrogens with zero attached hydrogens (tertiary/aromatic N) is 1. The van der Waals surface area contributed by atoms with E-state index in [2.05, 4.69) is 0 Å². The van der Waals surface area contributed by atoms with Crippen molar-refractivity contribution in [1.82, 2.24) is 0 Å². The van der Waals surface area contributed by atoms with Gasteiger partial charge in [0.2, 0.25) is 0 Å². The topological polar surface area (TPSA) is 66.8 Å². The summed E-state index contributed by atoms with van der Waals surface area (Å²) in [6.07, 6.45) is 0. The van der Waals surface area contributed by atoms with E-state index in [-0.39, 0.29) is 21.9 Å². The zero-order valence-electron chi connectivity index (χ0n) is 17.5. The summed E-state index contributed by atoms with van der Waals surface area (Å²) in [6.45, 7) is 0. The van der Waals surface area contributed by atoms with Gasteiger partial charge in [0.05, 0.1) is 23.4 Å². The molecule has 1 N–H and O–H groups in total. The van der Waals surface area contributed by atoms with Gasteiger partial charge in [0, 0.05) is 15.8 Å². The number of ether oxygens (including phenoxy) is 1. The maximum absolute atomic E-state index is 13.4. The van der Waals surface area contributed by atoms with Gasteiger partial charge < -0.3 is 9.84 Å². The molecule has 1 aromatic heterocycles. The number of methoxy groups -OCH3 is 1. The number of hydrogen-bond donors (Lipinski definition) is 1. The zero-order chi connectivity index (χ0) is 23.1. The number of benzene rings is 3. The second kappa shape index (κ2) is 8.39. The van der Waals surface area contributed by atoms with E-state index in [0.717, 1.165) is 15.6 Å². The highest BCUT2D eigenvalue weighted by molar-refractivity contribution is 7.10. The van der Waals surface area contributed by atoms with Crippen LogP contribution in [0.5, 0.6) is 5.75 Å².